The van der Waals surface area contributed by atoms with Crippen LogP contribution < -0.4 is 5.56 Å². The van der Waals surface area contributed by atoms with E-state index < -0.39 is 17.1 Å². The van der Waals surface area contributed by atoms with Gasteiger partial charge in [-0.05, 0) is 24.6 Å². The number of rotatable bonds is 2. The maximum Gasteiger partial charge on any atom is 0.342 e. The number of nitrogens with zero attached hydrogens (tertiary/aromatic N) is 1. The zero-order valence-electron chi connectivity index (χ0n) is 9.55. The van der Waals surface area contributed by atoms with Gasteiger partial charge in [0.05, 0.1) is 10.7 Å². The highest BCUT2D eigenvalue weighted by molar-refractivity contribution is 6.33. The molecule has 0 aliphatic carbocycles. The van der Waals surface area contributed by atoms with E-state index in [4.69, 9.17) is 16.7 Å². The monoisotopic (exact) mass is 263 g/mol. The number of benzene rings is 1. The molecule has 0 fully saturated rings. The quantitative estimate of drug-likeness (QED) is 0.906. The molecule has 2 rings (SSSR count). The number of hydrogen-bond donors (Lipinski definition) is 1. The summed E-state index contributed by atoms with van der Waals surface area (Å²) in [5, 5.41) is 8.93. The maximum absolute atomic E-state index is 12.1. The lowest BCUT2D eigenvalue weighted by Gasteiger charge is -2.10. The van der Waals surface area contributed by atoms with E-state index in [1.54, 1.807) is 12.1 Å². The molecule has 1 heterocycles. The largest absolute Gasteiger partial charge is 0.477 e. The molecule has 0 aliphatic heterocycles. The summed E-state index contributed by atoms with van der Waals surface area (Å²) in [7, 11) is 0. The maximum atomic E-state index is 12.1. The normalized spacial score (nSPS) is 10.3. The highest BCUT2D eigenvalue weighted by Gasteiger charge is 2.16. The van der Waals surface area contributed by atoms with Gasteiger partial charge in [-0.15, -0.1) is 0 Å². The number of carboxylic acids is 1. The van der Waals surface area contributed by atoms with Crippen molar-refractivity contribution in [2.45, 2.75) is 6.92 Å². The summed E-state index contributed by atoms with van der Waals surface area (Å²) in [6, 6.07) is 8.62. The molecule has 0 unspecified atom stereocenters. The topological polar surface area (TPSA) is 59.3 Å². The SMILES string of the molecule is Cc1ccccc1-n1ccc(Cl)c(C(=O)O)c1=O. The molecule has 0 radical (unpaired) electrons. The van der Waals surface area contributed by atoms with Crippen molar-refractivity contribution in [3.05, 3.63) is 63.0 Å². The van der Waals surface area contributed by atoms with Gasteiger partial charge in [0, 0.05) is 6.20 Å². The van der Waals surface area contributed by atoms with Crippen LogP contribution in [-0.2, 0) is 0 Å². The number of hydrogen-bond acceptors (Lipinski definition) is 2. The van der Waals surface area contributed by atoms with Crippen LogP contribution in [-0.4, -0.2) is 15.6 Å². The van der Waals surface area contributed by atoms with Crippen molar-refractivity contribution in [1.29, 1.82) is 0 Å². The van der Waals surface area contributed by atoms with Crippen molar-refractivity contribution >= 4 is 17.6 Å². The van der Waals surface area contributed by atoms with Gasteiger partial charge < -0.3 is 5.11 Å². The van der Waals surface area contributed by atoms with Crippen molar-refractivity contribution in [2.24, 2.45) is 0 Å². The Labute approximate surface area is 108 Å². The number of aryl methyl sites for hydroxylation is 1. The molecule has 0 saturated carbocycles. The smallest absolute Gasteiger partial charge is 0.342 e. The molecule has 1 aromatic carbocycles. The second kappa shape index (κ2) is 4.66. The Morgan fingerprint density at radius 2 is 1.94 bits per heavy atom. The molecule has 2 aromatic rings. The van der Waals surface area contributed by atoms with Crippen LogP contribution in [0.1, 0.15) is 15.9 Å². The fourth-order valence-corrected chi connectivity index (χ4v) is 1.95. The second-order valence-electron chi connectivity index (χ2n) is 3.81. The lowest BCUT2D eigenvalue weighted by Crippen LogP contribution is -2.25. The van der Waals surface area contributed by atoms with Gasteiger partial charge in [-0.3, -0.25) is 9.36 Å². The minimum Gasteiger partial charge on any atom is -0.477 e. The van der Waals surface area contributed by atoms with E-state index in [1.807, 2.05) is 19.1 Å². The average molecular weight is 264 g/mol. The molecule has 0 spiro atoms. The summed E-state index contributed by atoms with van der Waals surface area (Å²) >= 11 is 5.73. The summed E-state index contributed by atoms with van der Waals surface area (Å²) in [4.78, 5) is 23.1. The van der Waals surface area contributed by atoms with Gasteiger partial charge in [-0.25, -0.2) is 4.79 Å². The zero-order chi connectivity index (χ0) is 13.3. The third-order valence-electron chi connectivity index (χ3n) is 2.63. The Morgan fingerprint density at radius 3 is 2.56 bits per heavy atom. The molecule has 4 nitrogen and oxygen atoms in total. The standard InChI is InChI=1S/C13H10ClNO3/c1-8-4-2-3-5-10(8)15-7-6-9(14)11(12(15)16)13(17)18/h2-7H,1H3,(H,17,18). The molecule has 5 heteroatoms. The lowest BCUT2D eigenvalue weighted by atomic mass is 10.2. The Balaban J connectivity index is 2.76. The van der Waals surface area contributed by atoms with Crippen LogP contribution in [0.5, 0.6) is 0 Å². The average Bonchev–Trinajstić information content (AvgIpc) is 2.30. The van der Waals surface area contributed by atoms with Gasteiger partial charge in [-0.1, -0.05) is 29.8 Å². The van der Waals surface area contributed by atoms with Gasteiger partial charge in [0.2, 0.25) is 0 Å². The fourth-order valence-electron chi connectivity index (χ4n) is 1.73. The third-order valence-corrected chi connectivity index (χ3v) is 2.95. The first-order valence-corrected chi connectivity index (χ1v) is 5.60. The van der Waals surface area contributed by atoms with Gasteiger partial charge >= 0.3 is 5.97 Å². The van der Waals surface area contributed by atoms with E-state index >= 15 is 0 Å². The predicted octanol–water partition coefficient (Wildman–Crippen LogP) is 2.50. The first-order chi connectivity index (χ1) is 8.52. The van der Waals surface area contributed by atoms with Crippen molar-refractivity contribution < 1.29 is 9.90 Å². The minimum absolute atomic E-state index is 0.0580. The minimum atomic E-state index is -1.33. The van der Waals surface area contributed by atoms with Gasteiger partial charge in [0.15, 0.2) is 0 Å². The molecule has 1 aromatic heterocycles. The molecule has 18 heavy (non-hydrogen) atoms. The highest BCUT2D eigenvalue weighted by Crippen LogP contribution is 2.15. The van der Waals surface area contributed by atoms with Crippen LogP contribution in [0.3, 0.4) is 0 Å². The first kappa shape index (κ1) is 12.4. The Kier molecular flexibility index (Phi) is 3.21. The fraction of sp³-hybridized carbons (Fsp3) is 0.0769. The number of halogens is 1. The van der Waals surface area contributed by atoms with E-state index in [0.29, 0.717) is 5.69 Å². The number of aromatic nitrogens is 1. The van der Waals surface area contributed by atoms with Crippen LogP contribution in [0.4, 0.5) is 0 Å². The molecule has 0 bridgehead atoms. The van der Waals surface area contributed by atoms with Crippen LogP contribution in [0.25, 0.3) is 5.69 Å². The lowest BCUT2D eigenvalue weighted by molar-refractivity contribution is 0.0695. The van der Waals surface area contributed by atoms with Gasteiger partial charge in [-0.2, -0.15) is 0 Å². The van der Waals surface area contributed by atoms with Crippen molar-refractivity contribution in [3.63, 3.8) is 0 Å². The summed E-state index contributed by atoms with van der Waals surface area (Å²) in [6.07, 6.45) is 1.47. The zero-order valence-corrected chi connectivity index (χ0v) is 10.3. The molecule has 1 N–H and O–H groups in total. The van der Waals surface area contributed by atoms with Crippen LogP contribution in [0.15, 0.2) is 41.3 Å². The van der Waals surface area contributed by atoms with Gasteiger partial charge in [0.25, 0.3) is 5.56 Å². The molecular weight excluding hydrogens is 254 g/mol. The molecule has 0 atom stereocenters. The third kappa shape index (κ3) is 2.02. The Bertz CT molecular complexity index is 676. The van der Waals surface area contributed by atoms with E-state index in [9.17, 15) is 9.59 Å². The number of pyridine rings is 1. The molecule has 0 amide bonds. The number of aromatic carboxylic acids is 1. The van der Waals surface area contributed by atoms with Crippen LogP contribution >= 0.6 is 11.6 Å². The number of carboxylic acid groups (broad SMARTS) is 1. The molecule has 0 saturated heterocycles. The van der Waals surface area contributed by atoms with E-state index in [0.717, 1.165) is 5.56 Å². The number of para-hydroxylation sites is 1. The second-order valence-corrected chi connectivity index (χ2v) is 4.21. The van der Waals surface area contributed by atoms with Gasteiger partial charge in [0.1, 0.15) is 5.56 Å². The van der Waals surface area contributed by atoms with Crippen molar-refractivity contribution in [3.8, 4) is 5.69 Å². The summed E-state index contributed by atoms with van der Waals surface area (Å²) < 4.78 is 1.28. The Morgan fingerprint density at radius 1 is 1.28 bits per heavy atom. The van der Waals surface area contributed by atoms with E-state index in [2.05, 4.69) is 0 Å². The van der Waals surface area contributed by atoms with Crippen molar-refractivity contribution in [2.75, 3.05) is 0 Å². The van der Waals surface area contributed by atoms with E-state index in [1.165, 1.54) is 16.8 Å². The summed E-state index contributed by atoms with van der Waals surface area (Å²) in [5.41, 5.74) is 0.464. The molecule has 92 valence electrons. The van der Waals surface area contributed by atoms with E-state index in [-0.39, 0.29) is 5.02 Å². The highest BCUT2D eigenvalue weighted by atomic mass is 35.5. The molecular formula is C13H10ClNO3. The summed E-state index contributed by atoms with van der Waals surface area (Å²) in [6.45, 7) is 1.84. The predicted molar refractivity (Wildman–Crippen MR) is 68.7 cm³/mol. The Hall–Kier alpha value is -2.07. The first-order valence-electron chi connectivity index (χ1n) is 5.23. The molecule has 0 aliphatic rings. The van der Waals surface area contributed by atoms with Crippen molar-refractivity contribution in [1.82, 2.24) is 4.57 Å². The summed E-state index contributed by atoms with van der Waals surface area (Å²) in [5.74, 6) is -1.33. The van der Waals surface area contributed by atoms with Crippen LogP contribution in [0, 0.1) is 6.92 Å². The van der Waals surface area contributed by atoms with Crippen LogP contribution in [0.2, 0.25) is 5.02 Å². The number of carbonyl (C=O) groups is 1.